The smallest absolute Gasteiger partial charge is 0.271 e. The van der Waals surface area contributed by atoms with E-state index in [9.17, 15) is 14.9 Å². The Morgan fingerprint density at radius 2 is 1.86 bits per heavy atom. The summed E-state index contributed by atoms with van der Waals surface area (Å²) in [5.41, 5.74) is 3.88. The Hall–Kier alpha value is -3.73. The molecule has 36 heavy (non-hydrogen) atoms. The van der Waals surface area contributed by atoms with E-state index in [1.807, 2.05) is 23.6 Å². The van der Waals surface area contributed by atoms with Gasteiger partial charge in [0, 0.05) is 50.3 Å². The molecule has 0 fully saturated rings. The zero-order valence-corrected chi connectivity index (χ0v) is 21.1. The van der Waals surface area contributed by atoms with Crippen LogP contribution >= 0.6 is 35.0 Å². The van der Waals surface area contributed by atoms with Crippen molar-refractivity contribution >= 4 is 52.8 Å². The molecule has 4 rings (SSSR count). The van der Waals surface area contributed by atoms with E-state index >= 15 is 0 Å². The Balaban J connectivity index is 1.62. The Bertz CT molecular complexity index is 1470. The van der Waals surface area contributed by atoms with E-state index in [4.69, 9.17) is 23.2 Å². The molecule has 1 aromatic heterocycles. The molecular weight excluding hydrogens is 523 g/mol. The average Bonchev–Trinajstić information content (AvgIpc) is 3.27. The first-order valence-electron chi connectivity index (χ1n) is 10.6. The summed E-state index contributed by atoms with van der Waals surface area (Å²) in [6.45, 7) is 2.55. The number of hydrogen-bond donors (Lipinski definition) is 1. The predicted molar refractivity (Wildman–Crippen MR) is 140 cm³/mol. The lowest BCUT2D eigenvalue weighted by atomic mass is 10.2. The summed E-state index contributed by atoms with van der Waals surface area (Å²) in [4.78, 5) is 23.8. The molecule has 1 heterocycles. The zero-order valence-electron chi connectivity index (χ0n) is 18.8. The van der Waals surface area contributed by atoms with Crippen molar-refractivity contribution in [2.45, 2.75) is 23.5 Å². The van der Waals surface area contributed by atoms with Gasteiger partial charge in [-0.05, 0) is 55.1 Å². The van der Waals surface area contributed by atoms with Crippen LogP contribution < -0.4 is 5.43 Å². The van der Waals surface area contributed by atoms with Gasteiger partial charge in [-0.3, -0.25) is 14.9 Å². The Morgan fingerprint density at radius 1 is 1.11 bits per heavy atom. The van der Waals surface area contributed by atoms with Crippen LogP contribution in [0, 0.1) is 10.1 Å². The standard InChI is InChI=1S/C24H18Cl2N6O3S/c1-2-31-22(15-5-3-7-18(25)11-15)28-30-24(31)36-21-10-9-20(32(34)35)13-17(21)14-27-29-23(33)16-6-4-8-19(26)12-16/h3-14H,2H2,1H3,(H,29,33)/b27-14-. The second-order valence-corrected chi connectivity index (χ2v) is 9.23. The zero-order chi connectivity index (χ0) is 25.7. The number of benzene rings is 3. The first-order chi connectivity index (χ1) is 17.4. The number of nitrogens with zero attached hydrogens (tertiary/aromatic N) is 5. The van der Waals surface area contributed by atoms with Gasteiger partial charge in [-0.2, -0.15) is 5.10 Å². The van der Waals surface area contributed by atoms with Crippen molar-refractivity contribution in [3.05, 3.63) is 98.0 Å². The molecular formula is C24H18Cl2N6O3S. The van der Waals surface area contributed by atoms with Crippen LogP contribution in [-0.2, 0) is 6.54 Å². The number of hydrogen-bond acceptors (Lipinski definition) is 7. The molecule has 0 aliphatic rings. The summed E-state index contributed by atoms with van der Waals surface area (Å²) >= 11 is 13.3. The molecule has 0 aliphatic carbocycles. The van der Waals surface area contributed by atoms with Crippen molar-refractivity contribution in [1.82, 2.24) is 20.2 Å². The van der Waals surface area contributed by atoms with Crippen LogP contribution in [0.5, 0.6) is 0 Å². The summed E-state index contributed by atoms with van der Waals surface area (Å²) in [5, 5.41) is 25.6. The molecule has 4 aromatic rings. The normalized spacial score (nSPS) is 11.1. The van der Waals surface area contributed by atoms with Crippen molar-refractivity contribution in [3.63, 3.8) is 0 Å². The van der Waals surface area contributed by atoms with Crippen LogP contribution in [-0.4, -0.2) is 31.8 Å². The number of rotatable bonds is 8. The van der Waals surface area contributed by atoms with Gasteiger partial charge in [0.1, 0.15) is 0 Å². The molecule has 0 atom stereocenters. The van der Waals surface area contributed by atoms with Crippen molar-refractivity contribution in [1.29, 1.82) is 0 Å². The van der Waals surface area contributed by atoms with Crippen LogP contribution in [0.3, 0.4) is 0 Å². The van der Waals surface area contributed by atoms with E-state index in [1.54, 1.807) is 36.4 Å². The minimum absolute atomic E-state index is 0.112. The summed E-state index contributed by atoms with van der Waals surface area (Å²) in [5.74, 6) is 0.179. The van der Waals surface area contributed by atoms with E-state index in [2.05, 4.69) is 20.7 Å². The molecule has 0 bridgehead atoms. The fraction of sp³-hybridized carbons (Fsp3) is 0.0833. The van der Waals surface area contributed by atoms with Crippen LogP contribution in [0.4, 0.5) is 5.69 Å². The van der Waals surface area contributed by atoms with Crippen molar-refractivity contribution < 1.29 is 9.72 Å². The summed E-state index contributed by atoms with van der Waals surface area (Å²) < 4.78 is 1.92. The minimum Gasteiger partial charge on any atom is -0.302 e. The predicted octanol–water partition coefficient (Wildman–Crippen LogP) is 6.10. The molecule has 3 aromatic carbocycles. The SMILES string of the molecule is CCn1c(Sc2ccc([N+](=O)[O-])cc2/C=N\NC(=O)c2cccc(Cl)c2)nnc1-c1cccc(Cl)c1. The number of amides is 1. The number of aromatic nitrogens is 3. The highest BCUT2D eigenvalue weighted by Crippen LogP contribution is 2.33. The van der Waals surface area contributed by atoms with Gasteiger partial charge in [-0.15, -0.1) is 10.2 Å². The summed E-state index contributed by atoms with van der Waals surface area (Å²) in [6, 6.07) is 18.1. The van der Waals surface area contributed by atoms with Crippen molar-refractivity contribution in [2.75, 3.05) is 0 Å². The molecule has 1 amide bonds. The number of hydrazone groups is 1. The number of non-ortho nitro benzene ring substituents is 1. The Morgan fingerprint density at radius 3 is 2.56 bits per heavy atom. The van der Waals surface area contributed by atoms with Gasteiger partial charge < -0.3 is 4.57 Å². The van der Waals surface area contributed by atoms with E-state index in [0.717, 1.165) is 5.56 Å². The first kappa shape index (κ1) is 25.4. The number of carbonyl (C=O) groups excluding carboxylic acids is 1. The lowest BCUT2D eigenvalue weighted by Gasteiger charge is -2.09. The number of nitro benzene ring substituents is 1. The molecule has 0 radical (unpaired) electrons. The molecule has 0 spiro atoms. The number of nitrogens with one attached hydrogen (secondary N) is 1. The highest BCUT2D eigenvalue weighted by molar-refractivity contribution is 7.99. The second-order valence-electron chi connectivity index (χ2n) is 7.35. The van der Waals surface area contributed by atoms with Gasteiger partial charge in [0.05, 0.1) is 11.1 Å². The fourth-order valence-electron chi connectivity index (χ4n) is 3.29. The average molecular weight is 541 g/mol. The van der Waals surface area contributed by atoms with Crippen LogP contribution in [0.15, 0.2) is 81.9 Å². The highest BCUT2D eigenvalue weighted by atomic mass is 35.5. The molecule has 0 saturated carbocycles. The molecule has 0 saturated heterocycles. The van der Waals surface area contributed by atoms with Gasteiger partial charge in [-0.1, -0.05) is 41.4 Å². The Kier molecular flexibility index (Phi) is 7.99. The maximum absolute atomic E-state index is 12.4. The third-order valence-corrected chi connectivity index (χ3v) is 6.52. The molecule has 1 N–H and O–H groups in total. The molecule has 0 unspecified atom stereocenters. The van der Waals surface area contributed by atoms with Crippen molar-refractivity contribution in [3.8, 4) is 11.4 Å². The molecule has 12 heteroatoms. The van der Waals surface area contributed by atoms with E-state index in [0.29, 0.717) is 43.6 Å². The summed E-state index contributed by atoms with van der Waals surface area (Å²) in [7, 11) is 0. The van der Waals surface area contributed by atoms with Crippen LogP contribution in [0.25, 0.3) is 11.4 Å². The van der Waals surface area contributed by atoms with Gasteiger partial charge in [0.25, 0.3) is 11.6 Å². The Labute approximate surface area is 220 Å². The number of nitro groups is 1. The third kappa shape index (κ3) is 5.91. The topological polar surface area (TPSA) is 115 Å². The van der Waals surface area contributed by atoms with Gasteiger partial charge in [-0.25, -0.2) is 5.43 Å². The van der Waals surface area contributed by atoms with Crippen LogP contribution in [0.2, 0.25) is 10.0 Å². The monoisotopic (exact) mass is 540 g/mol. The molecule has 9 nitrogen and oxygen atoms in total. The number of carbonyl (C=O) groups is 1. The maximum Gasteiger partial charge on any atom is 0.271 e. The van der Waals surface area contributed by atoms with Gasteiger partial charge in [0.2, 0.25) is 0 Å². The minimum atomic E-state index is -0.498. The van der Waals surface area contributed by atoms with E-state index in [-0.39, 0.29) is 5.69 Å². The maximum atomic E-state index is 12.4. The van der Waals surface area contributed by atoms with E-state index in [1.165, 1.54) is 36.2 Å². The largest absolute Gasteiger partial charge is 0.302 e. The second kappa shape index (κ2) is 11.3. The summed E-state index contributed by atoms with van der Waals surface area (Å²) in [6.07, 6.45) is 1.35. The third-order valence-electron chi connectivity index (χ3n) is 4.98. The van der Waals surface area contributed by atoms with Crippen LogP contribution in [0.1, 0.15) is 22.8 Å². The first-order valence-corrected chi connectivity index (χ1v) is 12.2. The lowest BCUT2D eigenvalue weighted by Crippen LogP contribution is -2.17. The highest BCUT2D eigenvalue weighted by Gasteiger charge is 2.17. The van der Waals surface area contributed by atoms with Gasteiger partial charge >= 0.3 is 0 Å². The number of halogens is 2. The lowest BCUT2D eigenvalue weighted by molar-refractivity contribution is -0.384. The quantitative estimate of drug-likeness (QED) is 0.164. The molecule has 182 valence electrons. The fourth-order valence-corrected chi connectivity index (χ4v) is 4.64. The van der Waals surface area contributed by atoms with Crippen molar-refractivity contribution in [2.24, 2.45) is 5.10 Å². The molecule has 0 aliphatic heterocycles. The van der Waals surface area contributed by atoms with Gasteiger partial charge in [0.15, 0.2) is 11.0 Å². The van der Waals surface area contributed by atoms with E-state index < -0.39 is 10.8 Å².